The van der Waals surface area contributed by atoms with E-state index in [0.717, 1.165) is 11.1 Å². The Morgan fingerprint density at radius 2 is 2.33 bits per heavy atom. The van der Waals surface area contributed by atoms with E-state index in [0.29, 0.717) is 21.8 Å². The molecule has 1 aromatic carbocycles. The van der Waals surface area contributed by atoms with Crippen molar-refractivity contribution in [3.05, 3.63) is 21.9 Å². The first-order valence-corrected chi connectivity index (χ1v) is 6.20. The van der Waals surface area contributed by atoms with E-state index in [1.165, 1.54) is 17.4 Å². The average Bonchev–Trinajstić information content (AvgIpc) is 2.56. The van der Waals surface area contributed by atoms with E-state index in [2.05, 4.69) is 20.9 Å². The Bertz CT molecular complexity index is 485. The van der Waals surface area contributed by atoms with Crippen LogP contribution in [0.5, 0.6) is 5.75 Å². The molecule has 1 aromatic heterocycles. The number of hydrogen-bond acceptors (Lipinski definition) is 3. The summed E-state index contributed by atoms with van der Waals surface area (Å²) in [5.74, 6) is 0.235. The molecule has 0 spiro atoms. The molecule has 2 rings (SSSR count). The minimum Gasteiger partial charge on any atom is -0.493 e. The zero-order chi connectivity index (χ0) is 10.8. The standard InChI is InChI=1S/C10H9BrFNOS/c1-2-3-14-6-4-7(12)9-8(5-6)15-10(11)13-9/h4-5H,2-3H2,1H3. The third kappa shape index (κ3) is 2.29. The molecule has 0 amide bonds. The topological polar surface area (TPSA) is 22.1 Å². The fraction of sp³-hybridized carbons (Fsp3) is 0.300. The Balaban J connectivity index is 2.42. The second kappa shape index (κ2) is 4.45. The lowest BCUT2D eigenvalue weighted by Crippen LogP contribution is -1.95. The van der Waals surface area contributed by atoms with Gasteiger partial charge in [-0.05, 0) is 28.4 Å². The van der Waals surface area contributed by atoms with Crippen molar-refractivity contribution in [2.24, 2.45) is 0 Å². The lowest BCUT2D eigenvalue weighted by Gasteiger charge is -2.03. The average molecular weight is 290 g/mol. The van der Waals surface area contributed by atoms with E-state index >= 15 is 0 Å². The summed E-state index contributed by atoms with van der Waals surface area (Å²) in [5.41, 5.74) is 0.399. The summed E-state index contributed by atoms with van der Waals surface area (Å²) in [4.78, 5) is 4.04. The zero-order valence-corrected chi connectivity index (χ0v) is 10.5. The molecule has 0 radical (unpaired) electrons. The molecule has 0 atom stereocenters. The van der Waals surface area contributed by atoms with Gasteiger partial charge >= 0.3 is 0 Å². The predicted molar refractivity (Wildman–Crippen MR) is 63.1 cm³/mol. The Hall–Kier alpha value is -0.680. The van der Waals surface area contributed by atoms with Crippen LogP contribution in [0.1, 0.15) is 13.3 Å². The van der Waals surface area contributed by atoms with Crippen LogP contribution in [0.25, 0.3) is 10.2 Å². The Morgan fingerprint density at radius 1 is 1.53 bits per heavy atom. The van der Waals surface area contributed by atoms with Gasteiger partial charge < -0.3 is 4.74 Å². The number of fused-ring (bicyclic) bond motifs is 1. The molecular weight excluding hydrogens is 281 g/mol. The molecule has 1 heterocycles. The van der Waals surface area contributed by atoms with Gasteiger partial charge in [0.15, 0.2) is 9.73 Å². The number of ether oxygens (including phenoxy) is 1. The van der Waals surface area contributed by atoms with E-state index < -0.39 is 0 Å². The Labute approximate surface area is 99.2 Å². The lowest BCUT2D eigenvalue weighted by atomic mass is 10.3. The summed E-state index contributed by atoms with van der Waals surface area (Å²) in [6.07, 6.45) is 0.909. The number of rotatable bonds is 3. The molecule has 0 aliphatic heterocycles. The van der Waals surface area contributed by atoms with E-state index in [4.69, 9.17) is 4.74 Å². The minimum absolute atomic E-state index is 0.333. The molecular formula is C10H9BrFNOS. The Kier molecular flexibility index (Phi) is 3.21. The molecule has 80 valence electrons. The highest BCUT2D eigenvalue weighted by atomic mass is 79.9. The van der Waals surface area contributed by atoms with Crippen LogP contribution in [0, 0.1) is 5.82 Å². The van der Waals surface area contributed by atoms with E-state index in [-0.39, 0.29) is 5.82 Å². The van der Waals surface area contributed by atoms with Crippen molar-refractivity contribution in [1.29, 1.82) is 0 Å². The number of halogens is 2. The first-order chi connectivity index (χ1) is 7.20. The number of benzene rings is 1. The highest BCUT2D eigenvalue weighted by Gasteiger charge is 2.09. The summed E-state index contributed by atoms with van der Waals surface area (Å²) in [5, 5.41) is 0. The maximum absolute atomic E-state index is 13.5. The molecule has 5 heteroatoms. The summed E-state index contributed by atoms with van der Waals surface area (Å²) in [6.45, 7) is 2.61. The number of hydrogen-bond donors (Lipinski definition) is 0. The molecule has 2 aromatic rings. The van der Waals surface area contributed by atoms with Gasteiger partial charge in [0.2, 0.25) is 0 Å². The SMILES string of the molecule is CCCOc1cc(F)c2nc(Br)sc2c1. The predicted octanol–water partition coefficient (Wildman–Crippen LogP) is 3.99. The van der Waals surface area contributed by atoms with Gasteiger partial charge in [-0.25, -0.2) is 9.37 Å². The fourth-order valence-corrected chi connectivity index (χ4v) is 2.67. The van der Waals surface area contributed by atoms with Crippen LogP contribution in [0.3, 0.4) is 0 Å². The van der Waals surface area contributed by atoms with Gasteiger partial charge in [0.25, 0.3) is 0 Å². The molecule has 0 aliphatic carbocycles. The van der Waals surface area contributed by atoms with Crippen LogP contribution in [0.15, 0.2) is 16.0 Å². The molecule has 0 saturated heterocycles. The fourth-order valence-electron chi connectivity index (χ4n) is 1.24. The minimum atomic E-state index is -0.333. The van der Waals surface area contributed by atoms with E-state index in [9.17, 15) is 4.39 Å². The molecule has 2 nitrogen and oxygen atoms in total. The van der Waals surface area contributed by atoms with Crippen LogP contribution in [-0.4, -0.2) is 11.6 Å². The lowest BCUT2D eigenvalue weighted by molar-refractivity contribution is 0.316. The molecule has 0 unspecified atom stereocenters. The smallest absolute Gasteiger partial charge is 0.160 e. The normalized spacial score (nSPS) is 10.9. The van der Waals surface area contributed by atoms with E-state index in [1.54, 1.807) is 0 Å². The van der Waals surface area contributed by atoms with Gasteiger partial charge in [-0.1, -0.05) is 6.92 Å². The zero-order valence-electron chi connectivity index (χ0n) is 8.09. The van der Waals surface area contributed by atoms with Crippen LogP contribution >= 0.6 is 27.3 Å². The third-order valence-corrected chi connectivity index (χ3v) is 3.32. The maximum Gasteiger partial charge on any atom is 0.160 e. The van der Waals surface area contributed by atoms with E-state index in [1.807, 2.05) is 13.0 Å². The van der Waals surface area contributed by atoms with Crippen molar-refractivity contribution < 1.29 is 9.13 Å². The van der Waals surface area contributed by atoms with Gasteiger partial charge in [-0.3, -0.25) is 0 Å². The van der Waals surface area contributed by atoms with Gasteiger partial charge in [-0.2, -0.15) is 0 Å². The first-order valence-electron chi connectivity index (χ1n) is 4.59. The number of thiazole rings is 1. The largest absolute Gasteiger partial charge is 0.493 e. The summed E-state index contributed by atoms with van der Waals surface area (Å²) in [6, 6.07) is 3.20. The quantitative estimate of drug-likeness (QED) is 0.852. The van der Waals surface area contributed by atoms with Gasteiger partial charge in [0.05, 0.1) is 11.3 Å². The highest BCUT2D eigenvalue weighted by Crippen LogP contribution is 2.31. The second-order valence-electron chi connectivity index (χ2n) is 3.07. The number of nitrogens with zero attached hydrogens (tertiary/aromatic N) is 1. The molecule has 15 heavy (non-hydrogen) atoms. The molecule has 0 saturated carbocycles. The van der Waals surface area contributed by atoms with Crippen molar-refractivity contribution in [2.75, 3.05) is 6.61 Å². The number of aromatic nitrogens is 1. The van der Waals surface area contributed by atoms with Gasteiger partial charge in [0.1, 0.15) is 11.3 Å². The van der Waals surface area contributed by atoms with Crippen molar-refractivity contribution in [2.45, 2.75) is 13.3 Å². The van der Waals surface area contributed by atoms with Crippen LogP contribution in [0.2, 0.25) is 0 Å². The molecule has 0 aliphatic rings. The van der Waals surface area contributed by atoms with Crippen LogP contribution in [-0.2, 0) is 0 Å². The highest BCUT2D eigenvalue weighted by molar-refractivity contribution is 9.11. The molecule has 0 bridgehead atoms. The molecule has 0 N–H and O–H groups in total. The summed E-state index contributed by atoms with van der Waals surface area (Å²) >= 11 is 4.64. The van der Waals surface area contributed by atoms with Crippen molar-refractivity contribution in [3.63, 3.8) is 0 Å². The monoisotopic (exact) mass is 289 g/mol. The van der Waals surface area contributed by atoms with Crippen molar-refractivity contribution in [1.82, 2.24) is 4.98 Å². The molecule has 0 fully saturated rings. The first kappa shape index (κ1) is 10.8. The summed E-state index contributed by atoms with van der Waals surface area (Å²) < 4.78 is 20.4. The maximum atomic E-state index is 13.5. The van der Waals surface area contributed by atoms with Crippen LogP contribution < -0.4 is 4.74 Å². The van der Waals surface area contributed by atoms with Crippen molar-refractivity contribution >= 4 is 37.5 Å². The second-order valence-corrected chi connectivity index (χ2v) is 5.37. The Morgan fingerprint density at radius 3 is 3.07 bits per heavy atom. The van der Waals surface area contributed by atoms with Gasteiger partial charge in [0, 0.05) is 6.07 Å². The van der Waals surface area contributed by atoms with Crippen molar-refractivity contribution in [3.8, 4) is 5.75 Å². The van der Waals surface area contributed by atoms with Gasteiger partial charge in [-0.15, -0.1) is 11.3 Å². The third-order valence-electron chi connectivity index (χ3n) is 1.87. The summed E-state index contributed by atoms with van der Waals surface area (Å²) in [7, 11) is 0. The van der Waals surface area contributed by atoms with Crippen LogP contribution in [0.4, 0.5) is 4.39 Å².